The first-order valence-corrected chi connectivity index (χ1v) is 6.02. The molecule has 3 N–H and O–H groups in total. The van der Waals surface area contributed by atoms with Gasteiger partial charge in [-0.3, -0.25) is 10.2 Å². The lowest BCUT2D eigenvalue weighted by atomic mass is 10.2. The monoisotopic (exact) mass is 276 g/mol. The van der Waals surface area contributed by atoms with E-state index in [4.69, 9.17) is 19.7 Å². The van der Waals surface area contributed by atoms with Crippen LogP contribution in [0.5, 0.6) is 5.75 Å². The minimum atomic E-state index is -0.401. The Morgan fingerprint density at radius 3 is 2.65 bits per heavy atom. The summed E-state index contributed by atoms with van der Waals surface area (Å²) in [7, 11) is 1.62. The second-order valence-electron chi connectivity index (χ2n) is 4.07. The number of nitrogen functional groups attached to an aromatic ring is 1. The minimum Gasteiger partial charge on any atom is -0.497 e. The fourth-order valence-corrected chi connectivity index (χ4v) is 1.72. The largest absolute Gasteiger partial charge is 0.497 e. The lowest BCUT2D eigenvalue weighted by molar-refractivity contribution is 0.0870. The summed E-state index contributed by atoms with van der Waals surface area (Å²) in [6.07, 6.45) is 1.43. The van der Waals surface area contributed by atoms with Crippen molar-refractivity contribution in [1.82, 2.24) is 5.43 Å². The van der Waals surface area contributed by atoms with E-state index >= 15 is 0 Å². The highest BCUT2D eigenvalue weighted by Crippen LogP contribution is 2.15. The van der Waals surface area contributed by atoms with Crippen LogP contribution >= 0.6 is 0 Å². The molecule has 0 aliphatic heterocycles. The summed E-state index contributed by atoms with van der Waals surface area (Å²) in [5.41, 5.74) is 3.44. The van der Waals surface area contributed by atoms with E-state index in [-0.39, 0.29) is 6.61 Å². The normalized spacial score (nSPS) is 10.3. The summed E-state index contributed by atoms with van der Waals surface area (Å²) < 4.78 is 15.8. The third-order valence-corrected chi connectivity index (χ3v) is 2.78. The Hall–Kier alpha value is -2.31. The number of methoxy groups -OCH3 is 1. The van der Waals surface area contributed by atoms with E-state index in [0.717, 1.165) is 11.3 Å². The van der Waals surface area contributed by atoms with Gasteiger partial charge in [0.1, 0.15) is 18.1 Å². The van der Waals surface area contributed by atoms with Crippen LogP contribution in [-0.4, -0.2) is 13.0 Å². The van der Waals surface area contributed by atoms with E-state index in [1.165, 1.54) is 6.26 Å². The maximum absolute atomic E-state index is 11.4. The zero-order valence-corrected chi connectivity index (χ0v) is 11.1. The van der Waals surface area contributed by atoms with Crippen molar-refractivity contribution in [1.29, 1.82) is 0 Å². The number of nitrogens with two attached hydrogens (primary N) is 1. The first kappa shape index (κ1) is 14.1. The second kappa shape index (κ2) is 6.74. The highest BCUT2D eigenvalue weighted by atomic mass is 16.5. The van der Waals surface area contributed by atoms with Crippen molar-refractivity contribution in [3.63, 3.8) is 0 Å². The lowest BCUT2D eigenvalue weighted by Gasteiger charge is -2.05. The summed E-state index contributed by atoms with van der Waals surface area (Å²) in [5.74, 6) is 5.92. The fraction of sp³-hybridized carbons (Fsp3) is 0.214. The van der Waals surface area contributed by atoms with E-state index in [1.807, 2.05) is 24.3 Å². The lowest BCUT2D eigenvalue weighted by Crippen LogP contribution is -2.30. The van der Waals surface area contributed by atoms with Crippen molar-refractivity contribution >= 4 is 5.91 Å². The average Bonchev–Trinajstić information content (AvgIpc) is 2.95. The smallest absolute Gasteiger partial charge is 0.268 e. The first-order valence-electron chi connectivity index (χ1n) is 6.02. The van der Waals surface area contributed by atoms with Gasteiger partial charge in [0, 0.05) is 0 Å². The molecule has 0 saturated heterocycles. The van der Waals surface area contributed by atoms with Gasteiger partial charge in [0.15, 0.2) is 0 Å². The fourth-order valence-electron chi connectivity index (χ4n) is 1.72. The molecule has 0 radical (unpaired) electrons. The van der Waals surface area contributed by atoms with Crippen molar-refractivity contribution in [3.05, 3.63) is 53.5 Å². The predicted molar refractivity (Wildman–Crippen MR) is 71.8 cm³/mol. The van der Waals surface area contributed by atoms with Crippen molar-refractivity contribution in [2.45, 2.75) is 13.2 Å². The van der Waals surface area contributed by atoms with Crippen LogP contribution in [0.4, 0.5) is 0 Å². The van der Waals surface area contributed by atoms with Gasteiger partial charge in [-0.2, -0.15) is 0 Å². The number of carbonyl (C=O) groups is 1. The number of hydrazine groups is 1. The molecule has 2 rings (SSSR count). The summed E-state index contributed by atoms with van der Waals surface area (Å²) in [6.45, 7) is 0.607. The van der Waals surface area contributed by atoms with Gasteiger partial charge in [-0.1, -0.05) is 12.1 Å². The third kappa shape index (κ3) is 3.37. The molecule has 1 aromatic carbocycles. The first-order chi connectivity index (χ1) is 9.74. The van der Waals surface area contributed by atoms with Crippen LogP contribution in [0, 0.1) is 0 Å². The molecule has 0 unspecified atom stereocenters. The molecule has 1 heterocycles. The maximum Gasteiger partial charge on any atom is 0.268 e. The van der Waals surface area contributed by atoms with Crippen LogP contribution < -0.4 is 16.0 Å². The highest BCUT2D eigenvalue weighted by molar-refractivity contribution is 5.94. The SMILES string of the molecule is COc1ccc(COCc2occc2C(=O)NN)cc1. The molecule has 106 valence electrons. The van der Waals surface area contributed by atoms with Crippen molar-refractivity contribution in [2.75, 3.05) is 7.11 Å². The van der Waals surface area contributed by atoms with E-state index in [9.17, 15) is 4.79 Å². The highest BCUT2D eigenvalue weighted by Gasteiger charge is 2.13. The van der Waals surface area contributed by atoms with Crippen LogP contribution in [0.2, 0.25) is 0 Å². The Balaban J connectivity index is 1.89. The molecule has 0 aliphatic rings. The molecule has 1 aromatic heterocycles. The maximum atomic E-state index is 11.4. The van der Waals surface area contributed by atoms with Crippen LogP contribution in [-0.2, 0) is 18.0 Å². The molecule has 6 heteroatoms. The van der Waals surface area contributed by atoms with Gasteiger partial charge in [-0.25, -0.2) is 5.84 Å². The van der Waals surface area contributed by atoms with Gasteiger partial charge in [-0.15, -0.1) is 0 Å². The molecule has 1 amide bonds. The summed E-state index contributed by atoms with van der Waals surface area (Å²) in [4.78, 5) is 11.4. The number of rotatable bonds is 6. The molecule has 6 nitrogen and oxygen atoms in total. The standard InChI is InChI=1S/C14H16N2O4/c1-18-11-4-2-10(3-5-11)8-19-9-13-12(6-7-20-13)14(17)16-15/h2-7H,8-9,15H2,1H3,(H,16,17). The van der Waals surface area contributed by atoms with Crippen molar-refractivity contribution < 1.29 is 18.7 Å². The van der Waals surface area contributed by atoms with Gasteiger partial charge < -0.3 is 13.9 Å². The molecular weight excluding hydrogens is 260 g/mol. The number of nitrogens with one attached hydrogen (secondary N) is 1. The number of carbonyl (C=O) groups excluding carboxylic acids is 1. The molecule has 2 aromatic rings. The molecule has 20 heavy (non-hydrogen) atoms. The molecule has 0 spiro atoms. The predicted octanol–water partition coefficient (Wildman–Crippen LogP) is 1.61. The topological polar surface area (TPSA) is 86.7 Å². The molecule has 0 atom stereocenters. The Labute approximate surface area is 116 Å². The van der Waals surface area contributed by atoms with Gasteiger partial charge in [0.05, 0.1) is 25.5 Å². The number of ether oxygens (including phenoxy) is 2. The zero-order valence-electron chi connectivity index (χ0n) is 11.1. The van der Waals surface area contributed by atoms with E-state index in [1.54, 1.807) is 13.2 Å². The number of amides is 1. The van der Waals surface area contributed by atoms with E-state index in [0.29, 0.717) is 17.9 Å². The van der Waals surface area contributed by atoms with Crippen molar-refractivity contribution in [2.24, 2.45) is 5.84 Å². The molecule has 0 bridgehead atoms. The minimum absolute atomic E-state index is 0.196. The molecule has 0 aliphatic carbocycles. The van der Waals surface area contributed by atoms with E-state index in [2.05, 4.69) is 5.43 Å². The zero-order chi connectivity index (χ0) is 14.4. The summed E-state index contributed by atoms with van der Waals surface area (Å²) in [6, 6.07) is 9.09. The second-order valence-corrected chi connectivity index (χ2v) is 4.07. The number of benzene rings is 1. The van der Waals surface area contributed by atoms with E-state index < -0.39 is 5.91 Å². The molecule has 0 saturated carbocycles. The number of hydrogen-bond acceptors (Lipinski definition) is 5. The Bertz CT molecular complexity index is 563. The quantitative estimate of drug-likeness (QED) is 0.475. The van der Waals surface area contributed by atoms with Crippen LogP contribution in [0.3, 0.4) is 0 Å². The Morgan fingerprint density at radius 2 is 2.00 bits per heavy atom. The molecule has 0 fully saturated rings. The van der Waals surface area contributed by atoms with Gasteiger partial charge in [-0.05, 0) is 23.8 Å². The van der Waals surface area contributed by atoms with Crippen LogP contribution in [0.1, 0.15) is 21.7 Å². The Kier molecular flexibility index (Phi) is 4.75. The third-order valence-electron chi connectivity index (χ3n) is 2.78. The van der Waals surface area contributed by atoms with Gasteiger partial charge >= 0.3 is 0 Å². The van der Waals surface area contributed by atoms with Crippen LogP contribution in [0.15, 0.2) is 41.0 Å². The number of hydrogen-bond donors (Lipinski definition) is 2. The van der Waals surface area contributed by atoms with Crippen molar-refractivity contribution in [3.8, 4) is 5.75 Å². The summed E-state index contributed by atoms with van der Waals surface area (Å²) >= 11 is 0. The average molecular weight is 276 g/mol. The molecular formula is C14H16N2O4. The van der Waals surface area contributed by atoms with Gasteiger partial charge in [0.25, 0.3) is 5.91 Å². The number of furan rings is 1. The van der Waals surface area contributed by atoms with Crippen LogP contribution in [0.25, 0.3) is 0 Å². The summed E-state index contributed by atoms with van der Waals surface area (Å²) in [5, 5.41) is 0. The van der Waals surface area contributed by atoms with Gasteiger partial charge in [0.2, 0.25) is 0 Å². The Morgan fingerprint density at radius 1 is 1.25 bits per heavy atom.